The van der Waals surface area contributed by atoms with Gasteiger partial charge in [-0.25, -0.2) is 0 Å². The monoisotopic (exact) mass is 326 g/mol. The molecule has 2 rings (SSSR count). The van der Waals surface area contributed by atoms with Crippen molar-refractivity contribution in [3.63, 3.8) is 0 Å². The van der Waals surface area contributed by atoms with Gasteiger partial charge >= 0.3 is 0 Å². The van der Waals surface area contributed by atoms with Crippen LogP contribution in [0.15, 0.2) is 35.7 Å². The molecule has 0 saturated heterocycles. The van der Waals surface area contributed by atoms with E-state index in [0.29, 0.717) is 10.6 Å². The van der Waals surface area contributed by atoms with Crippen LogP contribution in [0.3, 0.4) is 0 Å². The Labute approximate surface area is 137 Å². The number of Topliss-reactive ketones (excluding diaryl/α,β-unsaturated/α-hetero) is 2. The normalized spacial score (nSPS) is 11.3. The zero-order chi connectivity index (χ0) is 17.0. The highest BCUT2D eigenvalue weighted by Crippen LogP contribution is 2.23. The van der Waals surface area contributed by atoms with Crippen LogP contribution in [0.5, 0.6) is 0 Å². The summed E-state index contributed by atoms with van der Waals surface area (Å²) in [6, 6.07) is 9.77. The van der Waals surface area contributed by atoms with Crippen molar-refractivity contribution >= 4 is 34.5 Å². The van der Waals surface area contributed by atoms with Gasteiger partial charge in [0.15, 0.2) is 17.5 Å². The van der Waals surface area contributed by atoms with Gasteiger partial charge in [-0.3, -0.25) is 14.4 Å². The van der Waals surface area contributed by atoms with Crippen molar-refractivity contribution in [1.82, 2.24) is 0 Å². The molecule has 6 heteroatoms. The maximum atomic E-state index is 12.5. The SMILES string of the molecule is CC(=O)Nc1cccc(C(=O)[C@H](C#N)C(=O)c2sccc2C)c1. The fourth-order valence-electron chi connectivity index (χ4n) is 2.11. The first-order valence-corrected chi connectivity index (χ1v) is 7.71. The third kappa shape index (κ3) is 3.71. The molecule has 0 saturated carbocycles. The van der Waals surface area contributed by atoms with Crippen LogP contribution in [-0.2, 0) is 4.79 Å². The van der Waals surface area contributed by atoms with Crippen LogP contribution in [0.25, 0.3) is 0 Å². The summed E-state index contributed by atoms with van der Waals surface area (Å²) < 4.78 is 0. The standard InChI is InChI=1S/C17H14N2O3S/c1-10-6-7-23-17(10)16(22)14(9-18)15(21)12-4-3-5-13(8-12)19-11(2)20/h3-8,14H,1-2H3,(H,19,20)/t14-/m0/s1. The average molecular weight is 326 g/mol. The topological polar surface area (TPSA) is 87.0 Å². The van der Waals surface area contributed by atoms with Crippen molar-refractivity contribution in [2.24, 2.45) is 5.92 Å². The second kappa shape index (κ2) is 6.99. The number of hydrogen-bond donors (Lipinski definition) is 1. The van der Waals surface area contributed by atoms with E-state index >= 15 is 0 Å². The Bertz CT molecular complexity index is 817. The molecule has 0 unspecified atom stereocenters. The van der Waals surface area contributed by atoms with E-state index in [9.17, 15) is 19.6 Å². The van der Waals surface area contributed by atoms with Crippen LogP contribution in [0.2, 0.25) is 0 Å². The van der Waals surface area contributed by atoms with Gasteiger partial charge in [-0.2, -0.15) is 5.26 Å². The van der Waals surface area contributed by atoms with E-state index in [-0.39, 0.29) is 11.5 Å². The fourth-order valence-corrected chi connectivity index (χ4v) is 3.01. The van der Waals surface area contributed by atoms with Gasteiger partial charge in [0.05, 0.1) is 10.9 Å². The molecule has 0 spiro atoms. The first-order chi connectivity index (χ1) is 10.9. The molecule has 5 nitrogen and oxygen atoms in total. The second-order valence-electron chi connectivity index (χ2n) is 4.99. The Hall–Kier alpha value is -2.78. The predicted molar refractivity (Wildman–Crippen MR) is 87.6 cm³/mol. The van der Waals surface area contributed by atoms with Gasteiger partial charge < -0.3 is 5.32 Å². The number of benzene rings is 1. The van der Waals surface area contributed by atoms with Crippen molar-refractivity contribution in [2.75, 3.05) is 5.32 Å². The summed E-state index contributed by atoms with van der Waals surface area (Å²) in [5, 5.41) is 13.6. The molecule has 0 fully saturated rings. The minimum Gasteiger partial charge on any atom is -0.326 e. The molecule has 0 bridgehead atoms. The first kappa shape index (κ1) is 16.6. The van der Waals surface area contributed by atoms with Crippen molar-refractivity contribution in [1.29, 1.82) is 5.26 Å². The quantitative estimate of drug-likeness (QED) is 0.675. The van der Waals surface area contributed by atoms with Gasteiger partial charge in [-0.05, 0) is 36.1 Å². The summed E-state index contributed by atoms with van der Waals surface area (Å²) >= 11 is 1.22. The molecule has 1 atom stereocenters. The zero-order valence-electron chi connectivity index (χ0n) is 12.6. The van der Waals surface area contributed by atoms with Gasteiger partial charge in [0.2, 0.25) is 5.91 Å². The van der Waals surface area contributed by atoms with Crippen molar-refractivity contribution in [2.45, 2.75) is 13.8 Å². The van der Waals surface area contributed by atoms with E-state index < -0.39 is 17.5 Å². The van der Waals surface area contributed by atoms with Gasteiger partial charge in [-0.1, -0.05) is 12.1 Å². The Morgan fingerprint density at radius 1 is 1.22 bits per heavy atom. The van der Waals surface area contributed by atoms with Crippen molar-refractivity contribution < 1.29 is 14.4 Å². The Morgan fingerprint density at radius 2 is 1.96 bits per heavy atom. The van der Waals surface area contributed by atoms with Gasteiger partial charge in [-0.15, -0.1) is 11.3 Å². The number of anilines is 1. The van der Waals surface area contributed by atoms with Crippen LogP contribution in [0.4, 0.5) is 5.69 Å². The van der Waals surface area contributed by atoms with Gasteiger partial charge in [0.1, 0.15) is 0 Å². The Balaban J connectivity index is 2.31. The van der Waals surface area contributed by atoms with E-state index in [1.807, 2.05) is 0 Å². The first-order valence-electron chi connectivity index (χ1n) is 6.84. The lowest BCUT2D eigenvalue weighted by atomic mass is 9.93. The summed E-state index contributed by atoms with van der Waals surface area (Å²) in [7, 11) is 0. The summed E-state index contributed by atoms with van der Waals surface area (Å²) in [6.45, 7) is 3.12. The number of nitrogens with zero attached hydrogens (tertiary/aromatic N) is 1. The molecule has 23 heavy (non-hydrogen) atoms. The molecule has 1 aromatic heterocycles. The molecule has 1 N–H and O–H groups in total. The average Bonchev–Trinajstić information content (AvgIpc) is 2.93. The smallest absolute Gasteiger partial charge is 0.221 e. The van der Waals surface area contributed by atoms with E-state index in [2.05, 4.69) is 5.32 Å². The van der Waals surface area contributed by atoms with Gasteiger partial charge in [0, 0.05) is 18.2 Å². The molecule has 1 amide bonds. The van der Waals surface area contributed by atoms with E-state index in [4.69, 9.17) is 0 Å². The van der Waals surface area contributed by atoms with Crippen LogP contribution in [0.1, 0.15) is 32.5 Å². The second-order valence-corrected chi connectivity index (χ2v) is 5.90. The lowest BCUT2D eigenvalue weighted by Crippen LogP contribution is -2.23. The minimum absolute atomic E-state index is 0.213. The van der Waals surface area contributed by atoms with E-state index in [0.717, 1.165) is 5.56 Å². The number of hydrogen-bond acceptors (Lipinski definition) is 5. The molecule has 0 aliphatic carbocycles. The molecule has 116 valence electrons. The van der Waals surface area contributed by atoms with Crippen molar-refractivity contribution in [3.05, 3.63) is 51.7 Å². The highest BCUT2D eigenvalue weighted by Gasteiger charge is 2.30. The molecule has 0 aliphatic rings. The molecule has 2 aromatic rings. The number of thiophene rings is 1. The highest BCUT2D eigenvalue weighted by molar-refractivity contribution is 7.12. The number of nitriles is 1. The predicted octanol–water partition coefficient (Wildman–Crippen LogP) is 3.22. The Morgan fingerprint density at radius 3 is 2.52 bits per heavy atom. The number of ketones is 2. The summed E-state index contributed by atoms with van der Waals surface area (Å²) in [4.78, 5) is 36.4. The molecular weight excluding hydrogens is 312 g/mol. The maximum absolute atomic E-state index is 12.5. The van der Waals surface area contributed by atoms with Crippen LogP contribution < -0.4 is 5.32 Å². The number of aryl methyl sites for hydroxylation is 1. The number of amides is 1. The Kier molecular flexibility index (Phi) is 5.04. The summed E-state index contributed by atoms with van der Waals surface area (Å²) in [5.74, 6) is -2.72. The fraction of sp³-hybridized carbons (Fsp3) is 0.176. The summed E-state index contributed by atoms with van der Waals surface area (Å²) in [6.07, 6.45) is 0. The van der Waals surface area contributed by atoms with Crippen LogP contribution >= 0.6 is 11.3 Å². The van der Waals surface area contributed by atoms with E-state index in [1.165, 1.54) is 30.4 Å². The molecule has 1 aromatic carbocycles. The third-order valence-corrected chi connectivity index (χ3v) is 4.24. The number of carbonyl (C=O) groups is 3. The highest BCUT2D eigenvalue weighted by atomic mass is 32.1. The van der Waals surface area contributed by atoms with Crippen molar-refractivity contribution in [3.8, 4) is 6.07 Å². The molecular formula is C17H14N2O3S. The van der Waals surface area contributed by atoms with Crippen LogP contribution in [0, 0.1) is 24.2 Å². The number of nitrogens with one attached hydrogen (secondary N) is 1. The minimum atomic E-state index is -1.39. The molecule has 0 radical (unpaired) electrons. The lowest BCUT2D eigenvalue weighted by molar-refractivity contribution is -0.114. The molecule has 1 heterocycles. The largest absolute Gasteiger partial charge is 0.326 e. The summed E-state index contributed by atoms with van der Waals surface area (Å²) in [5.41, 5.74) is 1.41. The van der Waals surface area contributed by atoms with Gasteiger partial charge in [0.25, 0.3) is 0 Å². The number of carbonyl (C=O) groups excluding carboxylic acids is 3. The van der Waals surface area contributed by atoms with E-state index in [1.54, 1.807) is 36.6 Å². The molecule has 0 aliphatic heterocycles. The number of rotatable bonds is 5. The zero-order valence-corrected chi connectivity index (χ0v) is 13.4. The maximum Gasteiger partial charge on any atom is 0.221 e. The van der Waals surface area contributed by atoms with Crippen LogP contribution in [-0.4, -0.2) is 17.5 Å². The lowest BCUT2D eigenvalue weighted by Gasteiger charge is -2.09. The third-order valence-electron chi connectivity index (χ3n) is 3.21.